The van der Waals surface area contributed by atoms with Crippen molar-refractivity contribution in [1.29, 1.82) is 4.78 Å². The molecular formula is C24H22F5N5O3S. The number of alkyl halides is 4. The molecule has 4 rings (SSSR count). The number of carbonyl (C=O) groups is 1. The van der Waals surface area contributed by atoms with Crippen molar-refractivity contribution in [1.82, 2.24) is 15.2 Å². The third kappa shape index (κ3) is 5.30. The highest BCUT2D eigenvalue weighted by Gasteiger charge is 2.41. The van der Waals surface area contributed by atoms with Crippen LogP contribution in [0.3, 0.4) is 0 Å². The first-order chi connectivity index (χ1) is 17.6. The average Bonchev–Trinajstić information content (AvgIpc) is 2.78. The third-order valence-electron chi connectivity index (χ3n) is 6.14. The van der Waals surface area contributed by atoms with Gasteiger partial charge in [-0.3, -0.25) is 4.79 Å². The maximum Gasteiger partial charge on any atom is 0.435 e. The molecule has 38 heavy (non-hydrogen) atoms. The van der Waals surface area contributed by atoms with Crippen LogP contribution in [0.15, 0.2) is 35.2 Å². The summed E-state index contributed by atoms with van der Waals surface area (Å²) in [4.78, 5) is 16.9. The summed E-state index contributed by atoms with van der Waals surface area (Å²) in [6, 6.07) is 6.69. The van der Waals surface area contributed by atoms with Crippen molar-refractivity contribution in [2.45, 2.75) is 49.9 Å². The van der Waals surface area contributed by atoms with Crippen LogP contribution in [-0.4, -0.2) is 31.6 Å². The first-order valence-corrected chi connectivity index (χ1v) is 13.2. The summed E-state index contributed by atoms with van der Waals surface area (Å²) >= 11 is 0. The lowest BCUT2D eigenvalue weighted by Crippen LogP contribution is -2.30. The molecular weight excluding hydrogens is 533 g/mol. The molecule has 1 atom stereocenters. The van der Waals surface area contributed by atoms with Gasteiger partial charge in [0.15, 0.2) is 17.1 Å². The fraction of sp³-hybridized carbons (Fsp3) is 0.333. The van der Waals surface area contributed by atoms with Crippen LogP contribution in [0.25, 0.3) is 0 Å². The second kappa shape index (κ2) is 9.57. The zero-order valence-electron chi connectivity index (χ0n) is 20.4. The summed E-state index contributed by atoms with van der Waals surface area (Å²) in [5, 5.41) is 8.91. The molecule has 0 saturated heterocycles. The molecule has 2 heterocycles. The Morgan fingerprint density at radius 3 is 2.42 bits per heavy atom. The highest BCUT2D eigenvalue weighted by Crippen LogP contribution is 2.45. The van der Waals surface area contributed by atoms with Gasteiger partial charge >= 0.3 is 6.18 Å². The van der Waals surface area contributed by atoms with Crippen LogP contribution in [0, 0.1) is 24.6 Å². The minimum atomic E-state index is -4.97. The van der Waals surface area contributed by atoms with E-state index in [1.807, 2.05) is 0 Å². The summed E-state index contributed by atoms with van der Waals surface area (Å²) in [5.41, 5.74) is -4.56. The molecule has 0 bridgehead atoms. The smallest absolute Gasteiger partial charge is 0.432 e. The van der Waals surface area contributed by atoms with Gasteiger partial charge in [-0.05, 0) is 68.5 Å². The third-order valence-corrected chi connectivity index (χ3v) is 7.30. The summed E-state index contributed by atoms with van der Waals surface area (Å²) in [5.74, 6) is -3.63. The molecule has 1 fully saturated rings. The fourth-order valence-corrected chi connectivity index (χ4v) is 4.62. The Hall–Kier alpha value is -3.68. The van der Waals surface area contributed by atoms with Crippen LogP contribution >= 0.6 is 0 Å². The number of ether oxygens (including phenoxy) is 1. The Balaban J connectivity index is 1.76. The summed E-state index contributed by atoms with van der Waals surface area (Å²) < 4.78 is 95.5. The quantitative estimate of drug-likeness (QED) is 0.281. The number of carbonyl (C=O) groups excluding carboxylic acids is 1. The van der Waals surface area contributed by atoms with E-state index in [4.69, 9.17) is 9.52 Å². The number of benzene rings is 1. The van der Waals surface area contributed by atoms with Crippen LogP contribution in [0.5, 0.6) is 11.6 Å². The molecule has 2 aromatic heterocycles. The van der Waals surface area contributed by atoms with Gasteiger partial charge in [0.25, 0.3) is 17.7 Å². The van der Waals surface area contributed by atoms with E-state index in [2.05, 4.69) is 20.5 Å². The number of rotatable bonds is 6. The molecule has 1 amide bonds. The van der Waals surface area contributed by atoms with Gasteiger partial charge in [-0.1, -0.05) is 6.07 Å². The molecule has 1 aromatic carbocycles. The molecule has 3 aromatic rings. The van der Waals surface area contributed by atoms with Crippen molar-refractivity contribution in [2.24, 2.45) is 0 Å². The lowest BCUT2D eigenvalue weighted by molar-refractivity contribution is -0.142. The topological polar surface area (TPSA) is 118 Å². The van der Waals surface area contributed by atoms with Gasteiger partial charge in [0.1, 0.15) is 5.56 Å². The molecule has 202 valence electrons. The summed E-state index contributed by atoms with van der Waals surface area (Å²) in [6.07, 6.45) is -2.82. The van der Waals surface area contributed by atoms with Crippen molar-refractivity contribution >= 4 is 21.3 Å². The first kappa shape index (κ1) is 27.4. The Labute approximate surface area is 214 Å². The van der Waals surface area contributed by atoms with E-state index >= 15 is 0 Å². The predicted octanol–water partition coefficient (Wildman–Crippen LogP) is 6.08. The van der Waals surface area contributed by atoms with Crippen LogP contribution in [0.1, 0.15) is 52.1 Å². The SMILES string of the molecule is Cc1cc(C2(F)CCC2)nc(F)c1Oc1nnc(C(F)(F)F)c(C)c1C(=O)Nc1cccc(S(C)(=N)=O)c1. The Kier molecular flexibility index (Phi) is 6.89. The van der Waals surface area contributed by atoms with Crippen molar-refractivity contribution < 1.29 is 35.7 Å². The van der Waals surface area contributed by atoms with E-state index in [-0.39, 0.29) is 34.7 Å². The lowest BCUT2D eigenvalue weighted by atomic mass is 9.79. The van der Waals surface area contributed by atoms with Gasteiger partial charge in [-0.2, -0.15) is 17.6 Å². The van der Waals surface area contributed by atoms with Crippen molar-refractivity contribution in [3.63, 3.8) is 0 Å². The predicted molar refractivity (Wildman–Crippen MR) is 127 cm³/mol. The second-order valence-corrected chi connectivity index (χ2v) is 11.2. The molecule has 1 saturated carbocycles. The minimum Gasteiger partial charge on any atom is -0.432 e. The molecule has 2 N–H and O–H groups in total. The van der Waals surface area contributed by atoms with Crippen LogP contribution in [0.2, 0.25) is 0 Å². The van der Waals surface area contributed by atoms with Gasteiger partial charge in [-0.15, -0.1) is 10.2 Å². The summed E-state index contributed by atoms with van der Waals surface area (Å²) in [6.45, 7) is 2.37. The lowest BCUT2D eigenvalue weighted by Gasteiger charge is -2.33. The summed E-state index contributed by atoms with van der Waals surface area (Å²) in [7, 11) is -3.15. The van der Waals surface area contributed by atoms with Crippen LogP contribution < -0.4 is 10.1 Å². The number of amides is 1. The molecule has 0 radical (unpaired) electrons. The van der Waals surface area contributed by atoms with Crippen molar-refractivity contribution in [2.75, 3.05) is 11.6 Å². The number of anilines is 1. The largest absolute Gasteiger partial charge is 0.435 e. The molecule has 1 unspecified atom stereocenters. The minimum absolute atomic E-state index is 0.0344. The first-order valence-electron chi connectivity index (χ1n) is 11.2. The van der Waals surface area contributed by atoms with Crippen LogP contribution in [0.4, 0.5) is 27.6 Å². The molecule has 14 heteroatoms. The number of pyridine rings is 1. The zero-order chi connectivity index (χ0) is 28.0. The Morgan fingerprint density at radius 2 is 1.87 bits per heavy atom. The highest BCUT2D eigenvalue weighted by atomic mass is 32.2. The maximum absolute atomic E-state index is 14.9. The number of halogens is 5. The Bertz CT molecular complexity index is 1520. The number of aryl methyl sites for hydroxylation is 1. The Morgan fingerprint density at radius 1 is 1.18 bits per heavy atom. The number of hydrogen-bond acceptors (Lipinski definition) is 7. The number of nitrogens with one attached hydrogen (secondary N) is 2. The highest BCUT2D eigenvalue weighted by molar-refractivity contribution is 7.91. The molecule has 1 aliphatic rings. The number of hydrogen-bond donors (Lipinski definition) is 2. The molecule has 0 spiro atoms. The number of nitrogens with zero attached hydrogens (tertiary/aromatic N) is 3. The van der Waals surface area contributed by atoms with E-state index in [0.717, 1.165) is 6.92 Å². The van der Waals surface area contributed by atoms with Gasteiger partial charge < -0.3 is 10.1 Å². The van der Waals surface area contributed by atoms with E-state index in [0.29, 0.717) is 6.42 Å². The van der Waals surface area contributed by atoms with Gasteiger partial charge in [0, 0.05) is 16.8 Å². The fourth-order valence-electron chi connectivity index (χ4n) is 3.93. The van der Waals surface area contributed by atoms with Gasteiger partial charge in [0.2, 0.25) is 0 Å². The van der Waals surface area contributed by atoms with Crippen molar-refractivity contribution in [3.05, 3.63) is 64.4 Å². The molecule has 1 aliphatic carbocycles. The maximum atomic E-state index is 14.9. The average molecular weight is 556 g/mol. The van der Waals surface area contributed by atoms with E-state index < -0.39 is 61.9 Å². The van der Waals surface area contributed by atoms with E-state index in [1.54, 1.807) is 0 Å². The zero-order valence-corrected chi connectivity index (χ0v) is 21.2. The van der Waals surface area contributed by atoms with Crippen molar-refractivity contribution in [3.8, 4) is 11.6 Å². The molecule has 8 nitrogen and oxygen atoms in total. The number of aromatic nitrogens is 3. The monoisotopic (exact) mass is 555 g/mol. The van der Waals surface area contributed by atoms with E-state index in [1.165, 1.54) is 43.5 Å². The van der Waals surface area contributed by atoms with Crippen LogP contribution in [-0.2, 0) is 21.6 Å². The second-order valence-electron chi connectivity index (χ2n) is 9.04. The van der Waals surface area contributed by atoms with Gasteiger partial charge in [-0.25, -0.2) is 18.4 Å². The molecule has 0 aliphatic heterocycles. The van der Waals surface area contributed by atoms with E-state index in [9.17, 15) is 31.0 Å². The van der Waals surface area contributed by atoms with Gasteiger partial charge in [0.05, 0.1) is 15.4 Å². The standard InChI is InChI=1S/C24H22F5N5O3S/c1-12-10-16(23(26)8-5-9-23)32-20(25)18(12)37-22-17(13(2)19(33-34-22)24(27,28)29)21(35)31-14-6-4-7-15(11-14)38(3,30)36/h4,6-7,10-11,30H,5,8-9H2,1-3H3,(H,31,35). The normalized spacial score (nSPS) is 16.3.